The molecule has 0 amide bonds. The second-order valence-corrected chi connectivity index (χ2v) is 5.54. The first-order valence-electron chi connectivity index (χ1n) is 8.50. The number of ether oxygens (including phenoxy) is 2. The van der Waals surface area contributed by atoms with E-state index in [1.165, 1.54) is 0 Å². The molecular weight excluding hydrogens is 330 g/mol. The van der Waals surface area contributed by atoms with Crippen molar-refractivity contribution in [1.29, 1.82) is 0 Å². The van der Waals surface area contributed by atoms with Gasteiger partial charge < -0.3 is 14.8 Å². The lowest BCUT2D eigenvalue weighted by molar-refractivity contribution is 0.0526. The van der Waals surface area contributed by atoms with E-state index in [4.69, 9.17) is 9.47 Å². The summed E-state index contributed by atoms with van der Waals surface area (Å²) in [6, 6.07) is 14.0. The minimum absolute atomic E-state index is 0.0986. The van der Waals surface area contributed by atoms with E-state index in [9.17, 15) is 9.59 Å². The summed E-state index contributed by atoms with van der Waals surface area (Å²) < 4.78 is 10.1. The van der Waals surface area contributed by atoms with Crippen molar-refractivity contribution in [3.8, 4) is 5.75 Å². The maximum Gasteiger partial charge on any atom is 0.338 e. The first kappa shape index (κ1) is 19.2. The highest BCUT2D eigenvalue weighted by atomic mass is 16.5. The smallest absolute Gasteiger partial charge is 0.338 e. The molecule has 0 heterocycles. The highest BCUT2D eigenvalue weighted by Gasteiger charge is 2.09. The third kappa shape index (κ3) is 5.21. The van der Waals surface area contributed by atoms with Gasteiger partial charge in [-0.25, -0.2) is 4.79 Å². The number of nitrogens with one attached hydrogen (secondary N) is 1. The number of carbonyl (C=O) groups excluding carboxylic acids is 2. The molecule has 0 aliphatic heterocycles. The molecule has 2 aromatic rings. The van der Waals surface area contributed by atoms with E-state index in [1.54, 1.807) is 62.6 Å². The van der Waals surface area contributed by atoms with Crippen LogP contribution in [0.25, 0.3) is 0 Å². The van der Waals surface area contributed by atoms with Crippen LogP contribution in [0.15, 0.2) is 60.3 Å². The van der Waals surface area contributed by atoms with Gasteiger partial charge in [-0.05, 0) is 55.8 Å². The number of allylic oxidation sites excluding steroid dienone is 2. The lowest BCUT2D eigenvalue weighted by Gasteiger charge is -2.10. The van der Waals surface area contributed by atoms with Gasteiger partial charge >= 0.3 is 5.97 Å². The lowest BCUT2D eigenvalue weighted by atomic mass is 10.1. The fourth-order valence-electron chi connectivity index (χ4n) is 2.35. The van der Waals surface area contributed by atoms with Crippen molar-refractivity contribution < 1.29 is 19.1 Å². The highest BCUT2D eigenvalue weighted by Crippen LogP contribution is 2.17. The van der Waals surface area contributed by atoms with Crippen LogP contribution < -0.4 is 10.1 Å². The number of benzene rings is 2. The van der Waals surface area contributed by atoms with Gasteiger partial charge in [0.25, 0.3) is 0 Å². The topological polar surface area (TPSA) is 64.6 Å². The van der Waals surface area contributed by atoms with Gasteiger partial charge in [-0.1, -0.05) is 13.0 Å². The zero-order chi connectivity index (χ0) is 18.9. The number of ketones is 1. The third-order valence-electron chi connectivity index (χ3n) is 3.74. The Morgan fingerprint density at radius 1 is 1.04 bits per heavy atom. The minimum atomic E-state index is -0.368. The summed E-state index contributed by atoms with van der Waals surface area (Å²) in [4.78, 5) is 24.3. The Bertz CT molecular complexity index is 794. The van der Waals surface area contributed by atoms with Crippen molar-refractivity contribution in [2.45, 2.75) is 20.3 Å². The second-order valence-electron chi connectivity index (χ2n) is 5.54. The molecule has 0 aromatic heterocycles. The average molecular weight is 353 g/mol. The summed E-state index contributed by atoms with van der Waals surface area (Å²) in [5, 5.41) is 3.20. The van der Waals surface area contributed by atoms with Crippen molar-refractivity contribution >= 4 is 17.4 Å². The van der Waals surface area contributed by atoms with Gasteiger partial charge in [0.1, 0.15) is 5.75 Å². The van der Waals surface area contributed by atoms with E-state index < -0.39 is 0 Å². The van der Waals surface area contributed by atoms with E-state index in [1.807, 2.05) is 13.0 Å². The van der Waals surface area contributed by atoms with Crippen LogP contribution in [-0.4, -0.2) is 25.5 Å². The zero-order valence-corrected chi connectivity index (χ0v) is 15.2. The molecule has 0 bridgehead atoms. The van der Waals surface area contributed by atoms with Crippen LogP contribution in [0.1, 0.15) is 41.0 Å². The molecule has 0 spiro atoms. The van der Waals surface area contributed by atoms with Gasteiger partial charge in [0, 0.05) is 23.0 Å². The largest absolute Gasteiger partial charge is 0.497 e. The monoisotopic (exact) mass is 353 g/mol. The molecular formula is C21H23NO4. The summed E-state index contributed by atoms with van der Waals surface area (Å²) >= 11 is 0. The Kier molecular flexibility index (Phi) is 6.97. The van der Waals surface area contributed by atoms with Crippen molar-refractivity contribution in [2.75, 3.05) is 19.0 Å². The Hall–Kier alpha value is -3.08. The van der Waals surface area contributed by atoms with Gasteiger partial charge in [-0.3, -0.25) is 4.79 Å². The van der Waals surface area contributed by atoms with Gasteiger partial charge in [-0.2, -0.15) is 0 Å². The summed E-state index contributed by atoms with van der Waals surface area (Å²) in [5.74, 6) is 0.237. The molecule has 5 nitrogen and oxygen atoms in total. The maximum atomic E-state index is 12.4. The standard InChI is InChI=1S/C21H23NO4/c1-4-17(14-20(23)15-9-11-19(25-3)12-10-15)22-18-8-6-7-16(13-18)21(24)26-5-2/h6-14,22H,4-5H2,1-3H3/b17-14+. The minimum Gasteiger partial charge on any atom is -0.497 e. The fourth-order valence-corrected chi connectivity index (χ4v) is 2.35. The highest BCUT2D eigenvalue weighted by molar-refractivity contribution is 6.05. The van der Waals surface area contributed by atoms with Gasteiger partial charge in [-0.15, -0.1) is 0 Å². The molecule has 0 atom stereocenters. The number of methoxy groups -OCH3 is 1. The van der Waals surface area contributed by atoms with Crippen molar-refractivity contribution in [2.24, 2.45) is 0 Å². The molecule has 2 rings (SSSR count). The zero-order valence-electron chi connectivity index (χ0n) is 15.2. The van der Waals surface area contributed by atoms with E-state index >= 15 is 0 Å². The molecule has 0 radical (unpaired) electrons. The molecule has 0 aliphatic rings. The van der Waals surface area contributed by atoms with Crippen molar-refractivity contribution in [1.82, 2.24) is 0 Å². The predicted molar refractivity (Wildman–Crippen MR) is 102 cm³/mol. The van der Waals surface area contributed by atoms with Crippen molar-refractivity contribution in [3.05, 3.63) is 71.4 Å². The molecule has 5 heteroatoms. The van der Waals surface area contributed by atoms with Crippen molar-refractivity contribution in [3.63, 3.8) is 0 Å². The van der Waals surface area contributed by atoms with Crippen LogP contribution in [0.2, 0.25) is 0 Å². The van der Waals surface area contributed by atoms with Crippen LogP contribution in [0.5, 0.6) is 5.75 Å². The number of hydrogen-bond donors (Lipinski definition) is 1. The van der Waals surface area contributed by atoms with E-state index in [-0.39, 0.29) is 11.8 Å². The molecule has 136 valence electrons. The molecule has 0 aliphatic carbocycles. The molecule has 0 unspecified atom stereocenters. The molecule has 1 N–H and O–H groups in total. The average Bonchev–Trinajstić information content (AvgIpc) is 2.67. The molecule has 2 aromatic carbocycles. The number of esters is 1. The maximum absolute atomic E-state index is 12.4. The van der Waals surface area contributed by atoms with Gasteiger partial charge in [0.2, 0.25) is 0 Å². The molecule has 0 saturated heterocycles. The summed E-state index contributed by atoms with van der Waals surface area (Å²) in [6.45, 7) is 4.05. The van der Waals surface area contributed by atoms with Crippen LogP contribution >= 0.6 is 0 Å². The Morgan fingerprint density at radius 3 is 2.38 bits per heavy atom. The first-order chi connectivity index (χ1) is 12.6. The van der Waals surface area contributed by atoms with E-state index in [0.29, 0.717) is 29.9 Å². The quantitative estimate of drug-likeness (QED) is 0.431. The summed E-state index contributed by atoms with van der Waals surface area (Å²) in [6.07, 6.45) is 2.21. The second kappa shape index (κ2) is 9.42. The number of carbonyl (C=O) groups is 2. The molecule has 0 saturated carbocycles. The van der Waals surface area contributed by atoms with Crippen LogP contribution in [0.4, 0.5) is 5.69 Å². The van der Waals surface area contributed by atoms with Gasteiger partial charge in [0.05, 0.1) is 19.3 Å². The van der Waals surface area contributed by atoms with E-state index in [0.717, 1.165) is 11.4 Å². The van der Waals surface area contributed by atoms with Gasteiger partial charge in [0.15, 0.2) is 5.78 Å². The van der Waals surface area contributed by atoms with Crippen LogP contribution in [-0.2, 0) is 4.74 Å². The normalized spacial score (nSPS) is 11.0. The van der Waals surface area contributed by atoms with Crippen LogP contribution in [0.3, 0.4) is 0 Å². The van der Waals surface area contributed by atoms with Crippen LogP contribution in [0, 0.1) is 0 Å². The molecule has 26 heavy (non-hydrogen) atoms. The Balaban J connectivity index is 2.15. The van der Waals surface area contributed by atoms with E-state index in [2.05, 4.69) is 5.32 Å². The Morgan fingerprint density at radius 2 is 1.77 bits per heavy atom. The first-order valence-corrected chi connectivity index (χ1v) is 8.50. The summed E-state index contributed by atoms with van der Waals surface area (Å²) in [7, 11) is 1.58. The number of hydrogen-bond acceptors (Lipinski definition) is 5. The Labute approximate surface area is 153 Å². The lowest BCUT2D eigenvalue weighted by Crippen LogP contribution is -2.07. The third-order valence-corrected chi connectivity index (χ3v) is 3.74. The fraction of sp³-hybridized carbons (Fsp3) is 0.238. The summed E-state index contributed by atoms with van der Waals surface area (Å²) in [5.41, 5.74) is 2.53. The number of anilines is 1. The SMILES string of the molecule is CCOC(=O)c1cccc(N/C(=C/C(=O)c2ccc(OC)cc2)CC)c1. The molecule has 0 fully saturated rings. The number of rotatable bonds is 8. The predicted octanol–water partition coefficient (Wildman–Crippen LogP) is 4.46.